The van der Waals surface area contributed by atoms with Gasteiger partial charge in [-0.2, -0.15) is 13.2 Å². The Bertz CT molecular complexity index is 1650. The van der Waals surface area contributed by atoms with E-state index >= 15 is 0 Å². The highest BCUT2D eigenvalue weighted by atomic mass is 19.4. The van der Waals surface area contributed by atoms with Crippen LogP contribution in [-0.4, -0.2) is 49.3 Å². The molecular weight excluding hydrogens is 559 g/mol. The summed E-state index contributed by atoms with van der Waals surface area (Å²) in [7, 11) is 0. The first kappa shape index (κ1) is 29.7. The summed E-state index contributed by atoms with van der Waals surface area (Å²) in [4.78, 5) is 40.4. The lowest BCUT2D eigenvalue weighted by atomic mass is 9.94. The van der Waals surface area contributed by atoms with Crippen molar-refractivity contribution in [3.05, 3.63) is 89.3 Å². The molecule has 1 aliphatic rings. The zero-order valence-electron chi connectivity index (χ0n) is 24.1. The highest BCUT2D eigenvalue weighted by molar-refractivity contribution is 6.05. The van der Waals surface area contributed by atoms with Crippen LogP contribution in [0.4, 0.5) is 30.5 Å². The highest BCUT2D eigenvalue weighted by Crippen LogP contribution is 2.33. The van der Waals surface area contributed by atoms with Gasteiger partial charge in [0.05, 0.1) is 23.3 Å². The minimum absolute atomic E-state index is 0.00428. The van der Waals surface area contributed by atoms with Crippen LogP contribution in [0.2, 0.25) is 0 Å². The molecule has 4 aromatic rings. The predicted octanol–water partition coefficient (Wildman–Crippen LogP) is 6.41. The molecule has 2 aromatic heterocycles. The fourth-order valence-electron chi connectivity index (χ4n) is 5.11. The van der Waals surface area contributed by atoms with Crippen LogP contribution in [0.15, 0.2) is 61.2 Å². The first-order valence-corrected chi connectivity index (χ1v) is 14.0. The molecule has 3 heterocycles. The zero-order valence-corrected chi connectivity index (χ0v) is 24.1. The van der Waals surface area contributed by atoms with Crippen molar-refractivity contribution in [2.24, 2.45) is 0 Å². The van der Waals surface area contributed by atoms with Gasteiger partial charge >= 0.3 is 6.18 Å². The number of hydrogen-bond donors (Lipinski definition) is 2. The van der Waals surface area contributed by atoms with Crippen LogP contribution < -0.4 is 10.6 Å². The lowest BCUT2D eigenvalue weighted by Gasteiger charge is -2.32. The molecule has 1 atom stereocenters. The van der Waals surface area contributed by atoms with Gasteiger partial charge in [0.1, 0.15) is 0 Å². The molecule has 1 unspecified atom stereocenters. The lowest BCUT2D eigenvalue weighted by Crippen LogP contribution is -2.38. The van der Waals surface area contributed by atoms with Gasteiger partial charge in [-0.1, -0.05) is 13.0 Å². The Labute approximate surface area is 247 Å². The summed E-state index contributed by atoms with van der Waals surface area (Å²) >= 11 is 0. The van der Waals surface area contributed by atoms with Crippen molar-refractivity contribution in [1.82, 2.24) is 24.4 Å². The van der Waals surface area contributed by atoms with E-state index in [4.69, 9.17) is 4.98 Å². The number of hydrogen-bond acceptors (Lipinski definition) is 6. The Morgan fingerprint density at radius 2 is 1.88 bits per heavy atom. The number of carbonyl (C=O) groups is 2. The van der Waals surface area contributed by atoms with E-state index in [1.165, 1.54) is 17.0 Å². The number of halogens is 3. The number of nitrogens with zero attached hydrogens (tertiary/aromatic N) is 5. The number of amides is 2. The minimum atomic E-state index is -4.61. The average molecular weight is 592 g/mol. The number of piperidine rings is 1. The van der Waals surface area contributed by atoms with E-state index in [9.17, 15) is 22.8 Å². The number of carbonyl (C=O) groups excluding carboxylic acids is 2. The Morgan fingerprint density at radius 3 is 2.60 bits per heavy atom. The molecule has 0 spiro atoms. The summed E-state index contributed by atoms with van der Waals surface area (Å²) in [6, 6.07) is 10.2. The molecule has 1 saturated heterocycles. The smallest absolute Gasteiger partial charge is 0.342 e. The van der Waals surface area contributed by atoms with Crippen molar-refractivity contribution >= 4 is 29.1 Å². The molecule has 2 N–H and O–H groups in total. The first-order chi connectivity index (χ1) is 20.5. The van der Waals surface area contributed by atoms with Gasteiger partial charge in [0.2, 0.25) is 11.9 Å². The number of rotatable bonds is 7. The van der Waals surface area contributed by atoms with E-state index in [1.807, 2.05) is 24.8 Å². The largest absolute Gasteiger partial charge is 0.416 e. The van der Waals surface area contributed by atoms with E-state index in [2.05, 4.69) is 20.6 Å². The fraction of sp³-hybridized carbons (Fsp3) is 0.323. The van der Waals surface area contributed by atoms with E-state index in [0.717, 1.165) is 42.8 Å². The third kappa shape index (κ3) is 7.02. The third-order valence-corrected chi connectivity index (χ3v) is 7.43. The summed E-state index contributed by atoms with van der Waals surface area (Å²) in [5, 5.41) is 5.78. The van der Waals surface area contributed by atoms with Crippen LogP contribution in [0.25, 0.3) is 5.69 Å². The molecule has 1 aliphatic heterocycles. The third-order valence-electron chi connectivity index (χ3n) is 7.43. The van der Waals surface area contributed by atoms with Gasteiger partial charge in [-0.15, -0.1) is 0 Å². The number of alkyl halides is 3. The molecule has 0 bridgehead atoms. The van der Waals surface area contributed by atoms with Gasteiger partial charge in [-0.25, -0.2) is 15.0 Å². The molecule has 43 heavy (non-hydrogen) atoms. The monoisotopic (exact) mass is 591 g/mol. The molecule has 224 valence electrons. The van der Waals surface area contributed by atoms with Crippen LogP contribution in [-0.2, 0) is 11.0 Å². The van der Waals surface area contributed by atoms with Gasteiger partial charge in [0, 0.05) is 60.4 Å². The van der Waals surface area contributed by atoms with E-state index in [1.54, 1.807) is 37.5 Å². The number of nitrogens with one attached hydrogen (secondary N) is 2. The quantitative estimate of drug-likeness (QED) is 0.257. The van der Waals surface area contributed by atoms with Gasteiger partial charge < -0.3 is 20.1 Å². The van der Waals surface area contributed by atoms with E-state index in [-0.39, 0.29) is 28.8 Å². The second-order valence-corrected chi connectivity index (χ2v) is 10.6. The standard InChI is InChI=1S/C31H32F3N7O2/c1-4-28(42)40-11-5-6-22(17-40)26-9-10-35-30(38-26)39-27-12-21(8-7-19(27)2)29(43)37-24-13-23(31(32,33)34)14-25(15-24)41-16-20(3)36-18-41/h7-10,12-16,18,22H,4-6,11,17H2,1-3H3,(H,37,43)(H,35,38,39). The Morgan fingerprint density at radius 1 is 1.07 bits per heavy atom. The molecule has 0 radical (unpaired) electrons. The van der Waals surface area contributed by atoms with Crippen LogP contribution in [0, 0.1) is 13.8 Å². The molecule has 0 aliphatic carbocycles. The van der Waals surface area contributed by atoms with Gasteiger partial charge in [-0.05, 0) is 68.7 Å². The fourth-order valence-corrected chi connectivity index (χ4v) is 5.11. The van der Waals surface area contributed by atoms with Crippen molar-refractivity contribution in [2.45, 2.75) is 52.1 Å². The lowest BCUT2D eigenvalue weighted by molar-refractivity contribution is -0.137. The Kier molecular flexibility index (Phi) is 8.47. The molecule has 5 rings (SSSR count). The second kappa shape index (κ2) is 12.2. The van der Waals surface area contributed by atoms with Crippen LogP contribution in [0.3, 0.4) is 0 Å². The van der Waals surface area contributed by atoms with Gasteiger partial charge in [-0.3, -0.25) is 9.59 Å². The molecule has 0 saturated carbocycles. The number of aryl methyl sites for hydroxylation is 2. The van der Waals surface area contributed by atoms with E-state index in [0.29, 0.717) is 30.3 Å². The second-order valence-electron chi connectivity index (χ2n) is 10.6. The summed E-state index contributed by atoms with van der Waals surface area (Å²) < 4.78 is 42.5. The maximum atomic E-state index is 13.7. The summed E-state index contributed by atoms with van der Waals surface area (Å²) in [5.74, 6) is -0.0152. The molecule has 2 amide bonds. The van der Waals surface area contributed by atoms with Crippen molar-refractivity contribution in [1.29, 1.82) is 0 Å². The number of benzene rings is 2. The van der Waals surface area contributed by atoms with Crippen molar-refractivity contribution < 1.29 is 22.8 Å². The molecule has 2 aromatic carbocycles. The maximum Gasteiger partial charge on any atom is 0.416 e. The first-order valence-electron chi connectivity index (χ1n) is 14.0. The van der Waals surface area contributed by atoms with Crippen LogP contribution in [0.1, 0.15) is 65.0 Å². The Hall–Kier alpha value is -4.74. The molecule has 12 heteroatoms. The number of imidazole rings is 1. The highest BCUT2D eigenvalue weighted by Gasteiger charge is 2.32. The SMILES string of the molecule is CCC(=O)N1CCCC(c2ccnc(Nc3cc(C(=O)Nc4cc(-n5cnc(C)c5)cc(C(F)(F)F)c4)ccc3C)n2)C1. The number of aromatic nitrogens is 4. The number of likely N-dealkylation sites (tertiary alicyclic amines) is 1. The van der Waals surface area contributed by atoms with Crippen molar-refractivity contribution in [3.63, 3.8) is 0 Å². The minimum Gasteiger partial charge on any atom is -0.342 e. The van der Waals surface area contributed by atoms with Gasteiger partial charge in [0.15, 0.2) is 0 Å². The van der Waals surface area contributed by atoms with Crippen LogP contribution in [0.5, 0.6) is 0 Å². The summed E-state index contributed by atoms with van der Waals surface area (Å²) in [6.45, 7) is 6.80. The molecule has 9 nitrogen and oxygen atoms in total. The summed E-state index contributed by atoms with van der Waals surface area (Å²) in [6.07, 6.45) is 2.34. The van der Waals surface area contributed by atoms with Crippen LogP contribution >= 0.6 is 0 Å². The number of anilines is 3. The summed E-state index contributed by atoms with van der Waals surface area (Å²) in [5.41, 5.74) is 2.42. The van der Waals surface area contributed by atoms with Crippen molar-refractivity contribution in [3.8, 4) is 5.69 Å². The normalized spacial score (nSPS) is 15.3. The topological polar surface area (TPSA) is 105 Å². The average Bonchev–Trinajstić information content (AvgIpc) is 3.43. The Balaban J connectivity index is 1.35. The molecular formula is C31H32F3N7O2. The molecule has 1 fully saturated rings. The van der Waals surface area contributed by atoms with Crippen molar-refractivity contribution in [2.75, 3.05) is 23.7 Å². The van der Waals surface area contributed by atoms with Gasteiger partial charge in [0.25, 0.3) is 5.91 Å². The maximum absolute atomic E-state index is 13.7. The zero-order chi connectivity index (χ0) is 30.7. The van der Waals surface area contributed by atoms with E-state index < -0.39 is 17.6 Å². The predicted molar refractivity (Wildman–Crippen MR) is 157 cm³/mol.